The largest absolute Gasteiger partial charge is 0.376 e. The summed E-state index contributed by atoms with van der Waals surface area (Å²) in [7, 11) is 0. The average molecular weight is 436 g/mol. The zero-order valence-electron chi connectivity index (χ0n) is 17.9. The molecule has 0 unspecified atom stereocenters. The van der Waals surface area contributed by atoms with Crippen molar-refractivity contribution >= 4 is 27.5 Å². The van der Waals surface area contributed by atoms with E-state index in [0.717, 1.165) is 27.8 Å². The van der Waals surface area contributed by atoms with Crippen LogP contribution in [0.15, 0.2) is 9.59 Å². The molecule has 9 heteroatoms. The van der Waals surface area contributed by atoms with Crippen LogP contribution in [-0.4, -0.2) is 39.9 Å². The SMILES string of the molecule is CC(C)n1c(=O)n(CC(=O)NC[C@H]2CCCO2)c(=O)c2c3c(sc21)COC(C)(C)C3. The van der Waals surface area contributed by atoms with Crippen LogP contribution in [0, 0.1) is 0 Å². The second-order valence-corrected chi connectivity index (χ2v) is 10.1. The van der Waals surface area contributed by atoms with Gasteiger partial charge in [0.1, 0.15) is 11.4 Å². The first-order chi connectivity index (χ1) is 14.2. The molecule has 2 aromatic rings. The van der Waals surface area contributed by atoms with Crippen molar-refractivity contribution in [1.82, 2.24) is 14.5 Å². The molecule has 164 valence electrons. The van der Waals surface area contributed by atoms with Crippen LogP contribution >= 0.6 is 11.3 Å². The van der Waals surface area contributed by atoms with Gasteiger partial charge in [-0.3, -0.25) is 18.7 Å². The van der Waals surface area contributed by atoms with E-state index in [2.05, 4.69) is 5.32 Å². The molecule has 2 aliphatic rings. The number of aromatic nitrogens is 2. The highest BCUT2D eigenvalue weighted by Gasteiger charge is 2.32. The maximum absolute atomic E-state index is 13.4. The van der Waals surface area contributed by atoms with E-state index in [0.29, 0.717) is 36.4 Å². The Morgan fingerprint density at radius 3 is 2.77 bits per heavy atom. The van der Waals surface area contributed by atoms with Crippen LogP contribution in [0.25, 0.3) is 10.2 Å². The molecule has 0 spiro atoms. The van der Waals surface area contributed by atoms with Crippen LogP contribution in [-0.2, 0) is 33.8 Å². The number of carbonyl (C=O) groups excluding carboxylic acids is 1. The number of hydrogen-bond donors (Lipinski definition) is 1. The lowest BCUT2D eigenvalue weighted by Gasteiger charge is -2.29. The Bertz CT molecular complexity index is 1090. The summed E-state index contributed by atoms with van der Waals surface area (Å²) in [5.74, 6) is -0.355. The van der Waals surface area contributed by atoms with Crippen LogP contribution in [0.3, 0.4) is 0 Å². The standard InChI is InChI=1S/C21H29N3O5S/c1-12(2)24-19-17(14-8-21(3,4)29-11-15(14)30-19)18(26)23(20(24)27)10-16(25)22-9-13-6-5-7-28-13/h12-13H,5-11H2,1-4H3,(H,22,25)/t13-/m1/s1. The Hall–Kier alpha value is -1.97. The number of carbonyl (C=O) groups is 1. The molecule has 1 amide bonds. The molecular formula is C21H29N3O5S. The number of thiophene rings is 1. The number of hydrogen-bond acceptors (Lipinski definition) is 6. The first-order valence-corrected chi connectivity index (χ1v) is 11.3. The van der Waals surface area contributed by atoms with Gasteiger partial charge in [0.2, 0.25) is 5.91 Å². The number of amides is 1. The first-order valence-electron chi connectivity index (χ1n) is 10.5. The third-order valence-electron chi connectivity index (χ3n) is 5.75. The summed E-state index contributed by atoms with van der Waals surface area (Å²) in [6.45, 7) is 9.04. The highest BCUT2D eigenvalue weighted by molar-refractivity contribution is 7.18. The summed E-state index contributed by atoms with van der Waals surface area (Å²) in [6.07, 6.45) is 2.50. The molecule has 1 atom stereocenters. The first kappa shape index (κ1) is 21.3. The lowest BCUT2D eigenvalue weighted by atomic mass is 9.94. The zero-order chi connectivity index (χ0) is 21.6. The van der Waals surface area contributed by atoms with Gasteiger partial charge in [-0.25, -0.2) is 4.79 Å². The zero-order valence-corrected chi connectivity index (χ0v) is 18.8. The van der Waals surface area contributed by atoms with Gasteiger partial charge in [-0.1, -0.05) is 0 Å². The average Bonchev–Trinajstić information content (AvgIpc) is 3.30. The van der Waals surface area contributed by atoms with E-state index >= 15 is 0 Å². The van der Waals surface area contributed by atoms with Crippen molar-refractivity contribution in [3.8, 4) is 0 Å². The van der Waals surface area contributed by atoms with Gasteiger partial charge in [0, 0.05) is 30.5 Å². The van der Waals surface area contributed by atoms with Gasteiger partial charge in [0.25, 0.3) is 5.56 Å². The summed E-state index contributed by atoms with van der Waals surface area (Å²) in [6, 6.07) is -0.143. The lowest BCUT2D eigenvalue weighted by Crippen LogP contribution is -2.45. The Labute approximate surface area is 178 Å². The van der Waals surface area contributed by atoms with E-state index < -0.39 is 11.2 Å². The van der Waals surface area contributed by atoms with Gasteiger partial charge in [0.05, 0.1) is 23.7 Å². The minimum absolute atomic E-state index is 0.00611. The van der Waals surface area contributed by atoms with Crippen molar-refractivity contribution in [2.24, 2.45) is 0 Å². The number of ether oxygens (including phenoxy) is 2. The van der Waals surface area contributed by atoms with Crippen molar-refractivity contribution in [2.75, 3.05) is 13.2 Å². The second-order valence-electron chi connectivity index (χ2n) is 8.99. The number of nitrogens with zero attached hydrogens (tertiary/aromatic N) is 2. The number of nitrogens with one attached hydrogen (secondary N) is 1. The van der Waals surface area contributed by atoms with Crippen LogP contribution < -0.4 is 16.6 Å². The normalized spacial score (nSPS) is 20.6. The third-order valence-corrected chi connectivity index (χ3v) is 6.96. The quantitative estimate of drug-likeness (QED) is 0.775. The molecule has 1 fully saturated rings. The minimum atomic E-state index is -0.450. The summed E-state index contributed by atoms with van der Waals surface area (Å²) >= 11 is 1.45. The van der Waals surface area contributed by atoms with Gasteiger partial charge in [-0.15, -0.1) is 11.3 Å². The van der Waals surface area contributed by atoms with Crippen molar-refractivity contribution in [2.45, 2.75) is 77.9 Å². The molecule has 30 heavy (non-hydrogen) atoms. The minimum Gasteiger partial charge on any atom is -0.376 e. The molecular weight excluding hydrogens is 406 g/mol. The summed E-state index contributed by atoms with van der Waals surface area (Å²) in [5.41, 5.74) is -0.280. The Kier molecular flexibility index (Phi) is 5.63. The molecule has 0 radical (unpaired) electrons. The van der Waals surface area contributed by atoms with E-state index in [-0.39, 0.29) is 30.2 Å². The smallest absolute Gasteiger partial charge is 0.332 e. The van der Waals surface area contributed by atoms with Gasteiger partial charge in [-0.05, 0) is 46.1 Å². The Morgan fingerprint density at radius 1 is 1.33 bits per heavy atom. The van der Waals surface area contributed by atoms with Crippen molar-refractivity contribution in [1.29, 1.82) is 0 Å². The molecule has 1 N–H and O–H groups in total. The van der Waals surface area contributed by atoms with Crippen LogP contribution in [0.4, 0.5) is 0 Å². The maximum Gasteiger partial charge on any atom is 0.332 e. The van der Waals surface area contributed by atoms with Gasteiger partial charge < -0.3 is 14.8 Å². The molecule has 0 aromatic carbocycles. The van der Waals surface area contributed by atoms with Gasteiger partial charge in [-0.2, -0.15) is 0 Å². The van der Waals surface area contributed by atoms with Crippen molar-refractivity contribution in [3.05, 3.63) is 31.3 Å². The fourth-order valence-corrected chi connectivity index (χ4v) is 5.54. The van der Waals surface area contributed by atoms with Crippen molar-refractivity contribution < 1.29 is 14.3 Å². The molecule has 2 aliphatic heterocycles. The molecule has 0 bridgehead atoms. The predicted octanol–water partition coefficient (Wildman–Crippen LogP) is 1.95. The number of rotatable bonds is 5. The van der Waals surface area contributed by atoms with E-state index in [1.165, 1.54) is 11.3 Å². The molecule has 2 aromatic heterocycles. The monoisotopic (exact) mass is 435 g/mol. The highest BCUT2D eigenvalue weighted by Crippen LogP contribution is 2.37. The van der Waals surface area contributed by atoms with Gasteiger partial charge >= 0.3 is 5.69 Å². The molecule has 1 saturated heterocycles. The fraction of sp³-hybridized carbons (Fsp3) is 0.667. The molecule has 4 heterocycles. The van der Waals surface area contributed by atoms with E-state index in [4.69, 9.17) is 9.47 Å². The molecule has 4 rings (SSSR count). The summed E-state index contributed by atoms with van der Waals surface area (Å²) in [4.78, 5) is 40.7. The van der Waals surface area contributed by atoms with Crippen LogP contribution in [0.5, 0.6) is 0 Å². The van der Waals surface area contributed by atoms with Crippen LogP contribution in [0.2, 0.25) is 0 Å². The number of fused-ring (bicyclic) bond motifs is 3. The van der Waals surface area contributed by atoms with E-state index in [1.54, 1.807) is 4.57 Å². The predicted molar refractivity (Wildman–Crippen MR) is 115 cm³/mol. The maximum atomic E-state index is 13.4. The highest BCUT2D eigenvalue weighted by atomic mass is 32.1. The summed E-state index contributed by atoms with van der Waals surface area (Å²) < 4.78 is 14.1. The van der Waals surface area contributed by atoms with E-state index in [9.17, 15) is 14.4 Å². The van der Waals surface area contributed by atoms with Crippen LogP contribution in [0.1, 0.15) is 57.0 Å². The second kappa shape index (κ2) is 7.94. The summed E-state index contributed by atoms with van der Waals surface area (Å²) in [5, 5.41) is 3.35. The Balaban J connectivity index is 1.75. The van der Waals surface area contributed by atoms with Gasteiger partial charge in [0.15, 0.2) is 0 Å². The lowest BCUT2D eigenvalue weighted by molar-refractivity contribution is -0.122. The molecule has 8 nitrogen and oxygen atoms in total. The third kappa shape index (κ3) is 3.86. The van der Waals surface area contributed by atoms with Crippen molar-refractivity contribution in [3.63, 3.8) is 0 Å². The Morgan fingerprint density at radius 2 is 2.10 bits per heavy atom. The van der Waals surface area contributed by atoms with E-state index in [1.807, 2.05) is 27.7 Å². The fourth-order valence-electron chi connectivity index (χ4n) is 4.20. The molecule has 0 saturated carbocycles. The molecule has 0 aliphatic carbocycles. The topological polar surface area (TPSA) is 91.6 Å².